The van der Waals surface area contributed by atoms with Crippen molar-refractivity contribution in [3.63, 3.8) is 0 Å². The van der Waals surface area contributed by atoms with Gasteiger partial charge in [-0.3, -0.25) is 0 Å². The van der Waals surface area contributed by atoms with Gasteiger partial charge in [0.15, 0.2) is 5.82 Å². The molecular weight excluding hydrogens is 238 g/mol. The van der Waals surface area contributed by atoms with Gasteiger partial charge >= 0.3 is 0 Å². The van der Waals surface area contributed by atoms with Crippen molar-refractivity contribution in [2.75, 3.05) is 20.7 Å². The fourth-order valence-electron chi connectivity index (χ4n) is 2.68. The number of aromatic nitrogens is 2. The summed E-state index contributed by atoms with van der Waals surface area (Å²) >= 11 is 0. The number of hydrogen-bond donors (Lipinski definition) is 1. The van der Waals surface area contributed by atoms with Crippen LogP contribution in [0.1, 0.15) is 43.0 Å². The summed E-state index contributed by atoms with van der Waals surface area (Å²) in [5.41, 5.74) is 3.27. The first-order valence-corrected chi connectivity index (χ1v) is 7.04. The first kappa shape index (κ1) is 14.4. The molecular formula is C15H25N3O. The third kappa shape index (κ3) is 2.95. The van der Waals surface area contributed by atoms with E-state index in [9.17, 15) is 0 Å². The van der Waals surface area contributed by atoms with Crippen LogP contribution < -0.4 is 5.32 Å². The zero-order chi connectivity index (χ0) is 14.0. The molecule has 1 atom stereocenters. The first-order chi connectivity index (χ1) is 8.97. The molecule has 0 spiro atoms. The minimum atomic E-state index is -0.415. The van der Waals surface area contributed by atoms with Crippen LogP contribution in [0.2, 0.25) is 0 Å². The van der Waals surface area contributed by atoms with Gasteiger partial charge in [-0.25, -0.2) is 9.97 Å². The van der Waals surface area contributed by atoms with Crippen molar-refractivity contribution in [1.29, 1.82) is 0 Å². The minimum Gasteiger partial charge on any atom is -0.371 e. The van der Waals surface area contributed by atoms with Crippen molar-refractivity contribution in [3.8, 4) is 0 Å². The average molecular weight is 263 g/mol. The SMILES string of the molecule is CNCC1CCc2nc(C(C)(C)OC)nc(C)c2C1. The van der Waals surface area contributed by atoms with E-state index in [1.54, 1.807) is 7.11 Å². The van der Waals surface area contributed by atoms with Crippen LogP contribution >= 0.6 is 0 Å². The maximum absolute atomic E-state index is 5.49. The Labute approximate surface area is 116 Å². The highest BCUT2D eigenvalue weighted by Gasteiger charge is 2.28. The minimum absolute atomic E-state index is 0.415. The normalized spacial score (nSPS) is 19.3. The zero-order valence-electron chi connectivity index (χ0n) is 12.7. The molecule has 2 rings (SSSR count). The Morgan fingerprint density at radius 3 is 2.74 bits per heavy atom. The van der Waals surface area contributed by atoms with Gasteiger partial charge < -0.3 is 10.1 Å². The largest absolute Gasteiger partial charge is 0.371 e. The molecule has 106 valence electrons. The van der Waals surface area contributed by atoms with Crippen LogP contribution in [-0.2, 0) is 23.2 Å². The summed E-state index contributed by atoms with van der Waals surface area (Å²) in [4.78, 5) is 9.42. The van der Waals surface area contributed by atoms with Crippen LogP contribution in [0.5, 0.6) is 0 Å². The number of fused-ring (bicyclic) bond motifs is 1. The maximum Gasteiger partial charge on any atom is 0.160 e. The van der Waals surface area contributed by atoms with E-state index in [0.29, 0.717) is 5.92 Å². The third-order valence-corrected chi connectivity index (χ3v) is 4.12. The van der Waals surface area contributed by atoms with E-state index in [1.165, 1.54) is 17.7 Å². The molecule has 1 aromatic heterocycles. The van der Waals surface area contributed by atoms with Crippen LogP contribution in [-0.4, -0.2) is 30.7 Å². The van der Waals surface area contributed by atoms with Crippen LogP contribution in [0.4, 0.5) is 0 Å². The topological polar surface area (TPSA) is 47.0 Å². The second-order valence-electron chi connectivity index (χ2n) is 5.94. The fourth-order valence-corrected chi connectivity index (χ4v) is 2.68. The van der Waals surface area contributed by atoms with Crippen molar-refractivity contribution in [2.24, 2.45) is 5.92 Å². The fraction of sp³-hybridized carbons (Fsp3) is 0.733. The van der Waals surface area contributed by atoms with Crippen molar-refractivity contribution in [3.05, 3.63) is 22.8 Å². The molecule has 0 amide bonds. The summed E-state index contributed by atoms with van der Waals surface area (Å²) in [6, 6.07) is 0. The standard InChI is InChI=1S/C15H25N3O/c1-10-12-8-11(9-16-4)6-7-13(12)18-14(17-10)15(2,3)19-5/h11,16H,6-9H2,1-5H3. The molecule has 0 aromatic carbocycles. The van der Waals surface area contributed by atoms with Gasteiger partial charge in [0, 0.05) is 18.5 Å². The van der Waals surface area contributed by atoms with Crippen molar-refractivity contribution in [2.45, 2.75) is 45.6 Å². The molecule has 1 N–H and O–H groups in total. The van der Waals surface area contributed by atoms with Crippen LogP contribution in [0.25, 0.3) is 0 Å². The van der Waals surface area contributed by atoms with Gasteiger partial charge in [0.25, 0.3) is 0 Å². The lowest BCUT2D eigenvalue weighted by Gasteiger charge is -2.28. The monoisotopic (exact) mass is 263 g/mol. The zero-order valence-corrected chi connectivity index (χ0v) is 12.7. The number of nitrogens with zero attached hydrogens (tertiary/aromatic N) is 2. The van der Waals surface area contributed by atoms with E-state index in [0.717, 1.165) is 30.9 Å². The lowest BCUT2D eigenvalue weighted by molar-refractivity contribution is 0.0110. The highest BCUT2D eigenvalue weighted by molar-refractivity contribution is 5.29. The van der Waals surface area contributed by atoms with Crippen molar-refractivity contribution >= 4 is 0 Å². The second kappa shape index (κ2) is 5.55. The summed E-state index contributed by atoms with van der Waals surface area (Å²) < 4.78 is 5.49. The van der Waals surface area contributed by atoms with E-state index < -0.39 is 5.60 Å². The molecule has 1 aromatic rings. The quantitative estimate of drug-likeness (QED) is 0.902. The van der Waals surface area contributed by atoms with Gasteiger partial charge in [-0.2, -0.15) is 0 Å². The van der Waals surface area contributed by atoms with Gasteiger partial charge in [-0.05, 0) is 65.1 Å². The number of hydrogen-bond acceptors (Lipinski definition) is 4. The molecule has 0 bridgehead atoms. The highest BCUT2D eigenvalue weighted by Crippen LogP contribution is 2.29. The van der Waals surface area contributed by atoms with Gasteiger partial charge in [0.05, 0.1) is 0 Å². The van der Waals surface area contributed by atoms with Gasteiger partial charge in [0.1, 0.15) is 5.60 Å². The summed E-state index contributed by atoms with van der Waals surface area (Å²) in [6.07, 6.45) is 3.35. The Morgan fingerprint density at radius 2 is 2.11 bits per heavy atom. The summed E-state index contributed by atoms with van der Waals surface area (Å²) in [6.45, 7) is 7.20. The van der Waals surface area contributed by atoms with Crippen LogP contribution in [0.15, 0.2) is 0 Å². The third-order valence-electron chi connectivity index (χ3n) is 4.12. The molecule has 0 aliphatic heterocycles. The Balaban J connectivity index is 2.32. The molecule has 1 aliphatic carbocycles. The predicted molar refractivity (Wildman–Crippen MR) is 76.2 cm³/mol. The van der Waals surface area contributed by atoms with E-state index in [2.05, 4.69) is 17.2 Å². The summed E-state index contributed by atoms with van der Waals surface area (Å²) in [5.74, 6) is 1.51. The average Bonchev–Trinajstić information content (AvgIpc) is 2.39. The van der Waals surface area contributed by atoms with E-state index in [1.807, 2.05) is 20.9 Å². The molecule has 4 nitrogen and oxygen atoms in total. The highest BCUT2D eigenvalue weighted by atomic mass is 16.5. The number of rotatable bonds is 4. The molecule has 0 fully saturated rings. The lowest BCUT2D eigenvalue weighted by atomic mass is 9.85. The molecule has 0 saturated carbocycles. The van der Waals surface area contributed by atoms with Crippen molar-refractivity contribution in [1.82, 2.24) is 15.3 Å². The number of ether oxygens (including phenoxy) is 1. The lowest BCUT2D eigenvalue weighted by Crippen LogP contribution is -2.29. The molecule has 1 unspecified atom stereocenters. The Hall–Kier alpha value is -1.00. The summed E-state index contributed by atoms with van der Waals surface area (Å²) in [7, 11) is 3.73. The smallest absolute Gasteiger partial charge is 0.160 e. The number of nitrogens with one attached hydrogen (secondary N) is 1. The van der Waals surface area contributed by atoms with E-state index in [-0.39, 0.29) is 0 Å². The molecule has 0 radical (unpaired) electrons. The second-order valence-corrected chi connectivity index (χ2v) is 5.94. The molecule has 4 heteroatoms. The molecule has 19 heavy (non-hydrogen) atoms. The summed E-state index contributed by atoms with van der Waals surface area (Å²) in [5, 5.41) is 3.27. The van der Waals surface area contributed by atoms with Gasteiger partial charge in [0.2, 0.25) is 0 Å². The maximum atomic E-state index is 5.49. The van der Waals surface area contributed by atoms with Crippen LogP contribution in [0, 0.1) is 12.8 Å². The Morgan fingerprint density at radius 1 is 1.37 bits per heavy atom. The van der Waals surface area contributed by atoms with Crippen LogP contribution in [0.3, 0.4) is 0 Å². The molecule has 0 saturated heterocycles. The Bertz CT molecular complexity index is 457. The Kier molecular flexibility index (Phi) is 4.21. The van der Waals surface area contributed by atoms with Gasteiger partial charge in [-0.1, -0.05) is 0 Å². The predicted octanol–water partition coefficient (Wildman–Crippen LogP) is 1.99. The van der Waals surface area contributed by atoms with E-state index in [4.69, 9.17) is 9.72 Å². The first-order valence-electron chi connectivity index (χ1n) is 7.04. The van der Waals surface area contributed by atoms with Gasteiger partial charge in [-0.15, -0.1) is 0 Å². The van der Waals surface area contributed by atoms with Crippen molar-refractivity contribution < 1.29 is 4.74 Å². The molecule has 1 aliphatic rings. The number of methoxy groups -OCH3 is 1. The molecule has 1 heterocycles. The number of aryl methyl sites for hydroxylation is 2. The van der Waals surface area contributed by atoms with E-state index >= 15 is 0 Å².